The fourth-order valence-electron chi connectivity index (χ4n) is 2.79. The van der Waals surface area contributed by atoms with Gasteiger partial charge < -0.3 is 5.32 Å². The molecule has 1 aromatic rings. The zero-order valence-electron chi connectivity index (χ0n) is 11.1. The van der Waals surface area contributed by atoms with Crippen molar-refractivity contribution in [2.45, 2.75) is 39.0 Å². The van der Waals surface area contributed by atoms with E-state index in [1.54, 1.807) is 18.2 Å². The molecule has 104 valence electrons. The van der Waals surface area contributed by atoms with Gasteiger partial charge in [0.05, 0.1) is 5.02 Å². The molecule has 0 unspecified atom stereocenters. The molecule has 1 fully saturated rings. The molecule has 1 aromatic carbocycles. The SMILES string of the molecule is CCC1(CNC(=O)c2ccc(Cl)c(Br)c2)CCCC1. The molecule has 2 nitrogen and oxygen atoms in total. The average Bonchev–Trinajstić information content (AvgIpc) is 2.89. The second-order valence-corrected chi connectivity index (χ2v) is 6.63. The maximum absolute atomic E-state index is 12.1. The number of carbonyl (C=O) groups is 1. The van der Waals surface area contributed by atoms with Crippen molar-refractivity contribution in [2.75, 3.05) is 6.54 Å². The highest BCUT2D eigenvalue weighted by Gasteiger charge is 2.32. The lowest BCUT2D eigenvalue weighted by Crippen LogP contribution is -2.35. The summed E-state index contributed by atoms with van der Waals surface area (Å²) >= 11 is 9.28. The van der Waals surface area contributed by atoms with E-state index < -0.39 is 0 Å². The van der Waals surface area contributed by atoms with Crippen LogP contribution in [0.25, 0.3) is 0 Å². The third-order valence-electron chi connectivity index (χ3n) is 4.22. The van der Waals surface area contributed by atoms with Gasteiger partial charge in [0.1, 0.15) is 0 Å². The first-order valence-corrected chi connectivity index (χ1v) is 7.97. The van der Waals surface area contributed by atoms with E-state index in [2.05, 4.69) is 28.2 Å². The number of carbonyl (C=O) groups excluding carboxylic acids is 1. The van der Waals surface area contributed by atoms with Gasteiger partial charge in [0.25, 0.3) is 5.91 Å². The molecule has 0 spiro atoms. The Bertz CT molecular complexity index is 469. The summed E-state index contributed by atoms with van der Waals surface area (Å²) in [4.78, 5) is 12.1. The van der Waals surface area contributed by atoms with Crippen molar-refractivity contribution >= 4 is 33.4 Å². The molecule has 1 aliphatic carbocycles. The van der Waals surface area contributed by atoms with Crippen molar-refractivity contribution in [1.82, 2.24) is 5.32 Å². The zero-order valence-corrected chi connectivity index (χ0v) is 13.5. The number of amides is 1. The average molecular weight is 345 g/mol. The van der Waals surface area contributed by atoms with Crippen molar-refractivity contribution in [1.29, 1.82) is 0 Å². The third-order valence-corrected chi connectivity index (χ3v) is 5.43. The van der Waals surface area contributed by atoms with Gasteiger partial charge in [-0.3, -0.25) is 4.79 Å². The monoisotopic (exact) mass is 343 g/mol. The highest BCUT2D eigenvalue weighted by molar-refractivity contribution is 9.10. The van der Waals surface area contributed by atoms with Gasteiger partial charge in [0, 0.05) is 16.6 Å². The molecule has 19 heavy (non-hydrogen) atoms. The molecule has 4 heteroatoms. The number of nitrogens with one attached hydrogen (secondary N) is 1. The number of rotatable bonds is 4. The minimum atomic E-state index is -0.0166. The standard InChI is InChI=1S/C15H19BrClNO/c1-2-15(7-3-4-8-15)10-18-14(19)11-5-6-13(17)12(16)9-11/h5-6,9H,2-4,7-8,10H2,1H3,(H,18,19). The molecule has 1 amide bonds. The summed E-state index contributed by atoms with van der Waals surface area (Å²) in [6.45, 7) is 3.00. The van der Waals surface area contributed by atoms with Gasteiger partial charge in [0.2, 0.25) is 0 Å². The van der Waals surface area contributed by atoms with Crippen LogP contribution in [0.4, 0.5) is 0 Å². The largest absolute Gasteiger partial charge is 0.351 e. The van der Waals surface area contributed by atoms with Crippen LogP contribution in [0, 0.1) is 5.41 Å². The van der Waals surface area contributed by atoms with Crippen LogP contribution in [-0.4, -0.2) is 12.5 Å². The van der Waals surface area contributed by atoms with Crippen molar-refractivity contribution in [3.63, 3.8) is 0 Å². The minimum absolute atomic E-state index is 0.0166. The Labute approximate surface area is 128 Å². The zero-order chi connectivity index (χ0) is 13.9. The molecule has 0 heterocycles. The van der Waals surface area contributed by atoms with Crippen LogP contribution in [0.5, 0.6) is 0 Å². The van der Waals surface area contributed by atoms with E-state index in [-0.39, 0.29) is 5.91 Å². The molecular weight excluding hydrogens is 326 g/mol. The molecule has 1 aliphatic rings. The molecule has 0 radical (unpaired) electrons. The summed E-state index contributed by atoms with van der Waals surface area (Å²) in [5, 5.41) is 3.70. The van der Waals surface area contributed by atoms with Gasteiger partial charge >= 0.3 is 0 Å². The van der Waals surface area contributed by atoms with E-state index in [0.29, 0.717) is 16.0 Å². The van der Waals surface area contributed by atoms with Gasteiger partial charge in [-0.05, 0) is 58.8 Å². The lowest BCUT2D eigenvalue weighted by molar-refractivity contribution is 0.0928. The Morgan fingerprint density at radius 2 is 2.11 bits per heavy atom. The fraction of sp³-hybridized carbons (Fsp3) is 0.533. The quantitative estimate of drug-likeness (QED) is 0.835. The number of halogens is 2. The van der Waals surface area contributed by atoms with Crippen molar-refractivity contribution < 1.29 is 4.79 Å². The molecule has 0 bridgehead atoms. The summed E-state index contributed by atoms with van der Waals surface area (Å²) in [7, 11) is 0. The van der Waals surface area contributed by atoms with E-state index >= 15 is 0 Å². The first kappa shape index (κ1) is 14.9. The Morgan fingerprint density at radius 3 is 2.68 bits per heavy atom. The molecule has 1 N–H and O–H groups in total. The van der Waals surface area contributed by atoms with Crippen LogP contribution in [0.3, 0.4) is 0 Å². The van der Waals surface area contributed by atoms with E-state index in [4.69, 9.17) is 11.6 Å². The summed E-state index contributed by atoms with van der Waals surface area (Å²) in [5.41, 5.74) is 0.972. The number of hydrogen-bond acceptors (Lipinski definition) is 1. The number of benzene rings is 1. The highest BCUT2D eigenvalue weighted by atomic mass is 79.9. The van der Waals surface area contributed by atoms with Crippen LogP contribution in [-0.2, 0) is 0 Å². The molecule has 0 aromatic heterocycles. The summed E-state index contributed by atoms with van der Waals surface area (Å²) in [5.74, 6) is -0.0166. The lowest BCUT2D eigenvalue weighted by atomic mass is 9.83. The summed E-state index contributed by atoms with van der Waals surface area (Å²) in [6, 6.07) is 5.27. The van der Waals surface area contributed by atoms with E-state index in [0.717, 1.165) is 17.4 Å². The van der Waals surface area contributed by atoms with Crippen LogP contribution in [0.1, 0.15) is 49.4 Å². The Kier molecular flexibility index (Phi) is 4.91. The summed E-state index contributed by atoms with van der Waals surface area (Å²) in [6.07, 6.45) is 6.17. The fourth-order valence-corrected chi connectivity index (χ4v) is 3.28. The Hall–Kier alpha value is -0.540. The molecular formula is C15H19BrClNO. The topological polar surface area (TPSA) is 29.1 Å². The van der Waals surface area contributed by atoms with Crippen LogP contribution in [0.15, 0.2) is 22.7 Å². The number of hydrogen-bond donors (Lipinski definition) is 1. The maximum Gasteiger partial charge on any atom is 0.251 e. The van der Waals surface area contributed by atoms with Crippen LogP contribution in [0.2, 0.25) is 5.02 Å². The van der Waals surface area contributed by atoms with Crippen molar-refractivity contribution in [3.05, 3.63) is 33.3 Å². The minimum Gasteiger partial charge on any atom is -0.351 e. The Balaban J connectivity index is 1.99. The highest BCUT2D eigenvalue weighted by Crippen LogP contribution is 2.40. The van der Waals surface area contributed by atoms with Gasteiger partial charge in [-0.15, -0.1) is 0 Å². The molecule has 0 atom stereocenters. The normalized spacial score (nSPS) is 17.4. The van der Waals surface area contributed by atoms with E-state index in [9.17, 15) is 4.79 Å². The van der Waals surface area contributed by atoms with Gasteiger partial charge in [-0.25, -0.2) is 0 Å². The van der Waals surface area contributed by atoms with E-state index in [1.165, 1.54) is 25.7 Å². The van der Waals surface area contributed by atoms with Crippen molar-refractivity contribution in [2.24, 2.45) is 5.41 Å². The van der Waals surface area contributed by atoms with Gasteiger partial charge in [-0.2, -0.15) is 0 Å². The molecule has 0 aliphatic heterocycles. The molecule has 1 saturated carbocycles. The molecule has 2 rings (SSSR count). The van der Waals surface area contributed by atoms with Crippen LogP contribution < -0.4 is 5.32 Å². The first-order chi connectivity index (χ1) is 9.06. The maximum atomic E-state index is 12.1. The smallest absolute Gasteiger partial charge is 0.251 e. The van der Waals surface area contributed by atoms with Gasteiger partial charge in [-0.1, -0.05) is 31.4 Å². The third kappa shape index (κ3) is 3.51. The molecule has 0 saturated heterocycles. The van der Waals surface area contributed by atoms with Gasteiger partial charge in [0.15, 0.2) is 0 Å². The van der Waals surface area contributed by atoms with Crippen LogP contribution >= 0.6 is 27.5 Å². The predicted molar refractivity (Wildman–Crippen MR) is 82.7 cm³/mol. The second-order valence-electron chi connectivity index (χ2n) is 5.37. The van der Waals surface area contributed by atoms with Crippen molar-refractivity contribution in [3.8, 4) is 0 Å². The predicted octanol–water partition coefficient (Wildman–Crippen LogP) is 4.80. The summed E-state index contributed by atoms with van der Waals surface area (Å²) < 4.78 is 0.757. The Morgan fingerprint density at radius 1 is 1.42 bits per heavy atom. The lowest BCUT2D eigenvalue weighted by Gasteiger charge is -2.27. The second kappa shape index (κ2) is 6.27. The van der Waals surface area contributed by atoms with E-state index in [1.807, 2.05) is 0 Å². The first-order valence-electron chi connectivity index (χ1n) is 6.79.